The molecule has 0 radical (unpaired) electrons. The summed E-state index contributed by atoms with van der Waals surface area (Å²) in [6.45, 7) is 1.91. The minimum Gasteiger partial charge on any atom is -0.293 e. The third-order valence-corrected chi connectivity index (χ3v) is 2.90. The summed E-state index contributed by atoms with van der Waals surface area (Å²) < 4.78 is 13.2. The number of rotatable bonds is 4. The molecule has 0 aliphatic heterocycles. The van der Waals surface area contributed by atoms with E-state index < -0.39 is 11.7 Å². The van der Waals surface area contributed by atoms with Crippen molar-refractivity contribution in [3.8, 4) is 6.07 Å². The van der Waals surface area contributed by atoms with Gasteiger partial charge >= 0.3 is 0 Å². The van der Waals surface area contributed by atoms with Crippen molar-refractivity contribution >= 4 is 21.7 Å². The molecule has 1 rings (SSSR count). The Hall–Kier alpha value is -1.21. The molecule has 0 N–H and O–H groups in total. The molecule has 0 saturated heterocycles. The van der Waals surface area contributed by atoms with E-state index in [-0.39, 0.29) is 5.78 Å². The van der Waals surface area contributed by atoms with Crippen molar-refractivity contribution in [3.63, 3.8) is 0 Å². The monoisotopic (exact) mass is 283 g/mol. The summed E-state index contributed by atoms with van der Waals surface area (Å²) >= 11 is 3.13. The summed E-state index contributed by atoms with van der Waals surface area (Å²) in [5.74, 6) is -1.31. The lowest BCUT2D eigenvalue weighted by Gasteiger charge is -2.08. The van der Waals surface area contributed by atoms with Crippen LogP contribution < -0.4 is 0 Å². The van der Waals surface area contributed by atoms with Crippen molar-refractivity contribution in [1.82, 2.24) is 0 Å². The molecule has 2 nitrogen and oxygen atoms in total. The number of hydrogen-bond donors (Lipinski definition) is 0. The van der Waals surface area contributed by atoms with E-state index in [1.54, 1.807) is 0 Å². The highest BCUT2D eigenvalue weighted by Gasteiger charge is 2.20. The maximum atomic E-state index is 12.8. The topological polar surface area (TPSA) is 40.9 Å². The van der Waals surface area contributed by atoms with Gasteiger partial charge in [0.25, 0.3) is 0 Å². The molecule has 0 aromatic heterocycles. The van der Waals surface area contributed by atoms with Crippen molar-refractivity contribution < 1.29 is 9.18 Å². The van der Waals surface area contributed by atoms with E-state index in [0.717, 1.165) is 6.42 Å². The van der Waals surface area contributed by atoms with Gasteiger partial charge in [0.15, 0.2) is 5.78 Å². The molecule has 16 heavy (non-hydrogen) atoms. The highest BCUT2D eigenvalue weighted by atomic mass is 79.9. The van der Waals surface area contributed by atoms with Crippen LogP contribution in [0.15, 0.2) is 22.7 Å². The van der Waals surface area contributed by atoms with Gasteiger partial charge in [-0.3, -0.25) is 4.79 Å². The van der Waals surface area contributed by atoms with Crippen LogP contribution in [0.25, 0.3) is 0 Å². The van der Waals surface area contributed by atoms with E-state index in [1.807, 2.05) is 13.0 Å². The molecule has 0 spiro atoms. The Morgan fingerprint density at radius 3 is 2.81 bits per heavy atom. The smallest absolute Gasteiger partial charge is 0.181 e. The number of carbonyl (C=O) groups is 1. The number of Topliss-reactive ketones (excluding diaryl/α,β-unsaturated/α-hetero) is 1. The molecule has 0 aliphatic rings. The Labute approximate surface area is 102 Å². The largest absolute Gasteiger partial charge is 0.293 e. The van der Waals surface area contributed by atoms with E-state index >= 15 is 0 Å². The first-order valence-corrected chi connectivity index (χ1v) is 5.78. The standard InChI is InChI=1S/C12H11BrFNO/c1-2-3-8(7-15)12(16)10-5-4-9(14)6-11(10)13/h4-6,8H,2-3H2,1H3. The van der Waals surface area contributed by atoms with E-state index in [9.17, 15) is 9.18 Å². The van der Waals surface area contributed by atoms with Crippen LogP contribution in [-0.4, -0.2) is 5.78 Å². The summed E-state index contributed by atoms with van der Waals surface area (Å²) in [6.07, 6.45) is 1.29. The molecule has 0 aliphatic carbocycles. The number of halogens is 2. The van der Waals surface area contributed by atoms with Crippen LogP contribution in [0.2, 0.25) is 0 Å². The van der Waals surface area contributed by atoms with Crippen molar-refractivity contribution in [3.05, 3.63) is 34.1 Å². The molecule has 0 bridgehead atoms. The predicted molar refractivity (Wildman–Crippen MR) is 62.4 cm³/mol. The fourth-order valence-corrected chi connectivity index (χ4v) is 1.97. The van der Waals surface area contributed by atoms with Crippen LogP contribution in [0.5, 0.6) is 0 Å². The first kappa shape index (κ1) is 12.9. The zero-order chi connectivity index (χ0) is 12.1. The number of nitriles is 1. The highest BCUT2D eigenvalue weighted by molar-refractivity contribution is 9.10. The predicted octanol–water partition coefficient (Wildman–Crippen LogP) is 3.71. The van der Waals surface area contributed by atoms with Crippen molar-refractivity contribution in [2.24, 2.45) is 5.92 Å². The lowest BCUT2D eigenvalue weighted by atomic mass is 9.95. The first-order chi connectivity index (χ1) is 7.60. The molecule has 0 saturated carbocycles. The molecular formula is C12H11BrFNO. The molecule has 1 aromatic carbocycles. The van der Waals surface area contributed by atoms with Crippen LogP contribution in [0.1, 0.15) is 30.1 Å². The molecule has 4 heteroatoms. The molecular weight excluding hydrogens is 273 g/mol. The van der Waals surface area contributed by atoms with Crippen LogP contribution in [0.3, 0.4) is 0 Å². The third-order valence-electron chi connectivity index (χ3n) is 2.25. The summed E-state index contributed by atoms with van der Waals surface area (Å²) in [7, 11) is 0. The molecule has 1 atom stereocenters. The van der Waals surface area contributed by atoms with E-state index in [4.69, 9.17) is 5.26 Å². The van der Waals surface area contributed by atoms with Crippen molar-refractivity contribution in [2.75, 3.05) is 0 Å². The number of benzene rings is 1. The second-order valence-corrected chi connectivity index (χ2v) is 4.31. The van der Waals surface area contributed by atoms with Gasteiger partial charge in [0.2, 0.25) is 0 Å². The molecule has 1 unspecified atom stereocenters. The lowest BCUT2D eigenvalue weighted by molar-refractivity contribution is 0.0943. The quantitative estimate of drug-likeness (QED) is 0.791. The summed E-state index contributed by atoms with van der Waals surface area (Å²) in [5.41, 5.74) is 0.362. The maximum Gasteiger partial charge on any atom is 0.181 e. The third kappa shape index (κ3) is 2.89. The van der Waals surface area contributed by atoms with Gasteiger partial charge in [0.05, 0.1) is 6.07 Å². The number of carbonyl (C=O) groups excluding carboxylic acids is 1. The Balaban J connectivity index is 3.00. The number of ketones is 1. The minimum absolute atomic E-state index is 0.253. The average Bonchev–Trinajstić information content (AvgIpc) is 2.25. The molecule has 0 heterocycles. The zero-order valence-electron chi connectivity index (χ0n) is 8.84. The summed E-state index contributed by atoms with van der Waals surface area (Å²) in [5, 5.41) is 8.87. The second kappa shape index (κ2) is 5.76. The number of hydrogen-bond acceptors (Lipinski definition) is 2. The van der Waals surface area contributed by atoms with E-state index in [0.29, 0.717) is 16.5 Å². The van der Waals surface area contributed by atoms with Crippen LogP contribution in [-0.2, 0) is 0 Å². The second-order valence-electron chi connectivity index (χ2n) is 3.46. The Morgan fingerprint density at radius 2 is 2.31 bits per heavy atom. The van der Waals surface area contributed by atoms with Gasteiger partial charge in [-0.1, -0.05) is 13.3 Å². The van der Waals surface area contributed by atoms with Gasteiger partial charge in [0.1, 0.15) is 11.7 Å². The van der Waals surface area contributed by atoms with Crippen LogP contribution in [0, 0.1) is 23.1 Å². The van der Waals surface area contributed by atoms with E-state index in [2.05, 4.69) is 15.9 Å². The zero-order valence-corrected chi connectivity index (χ0v) is 10.4. The Kier molecular flexibility index (Phi) is 4.63. The van der Waals surface area contributed by atoms with Gasteiger partial charge in [0, 0.05) is 10.0 Å². The summed E-state index contributed by atoms with van der Waals surface area (Å²) in [6, 6.07) is 5.83. The SMILES string of the molecule is CCCC(C#N)C(=O)c1ccc(F)cc1Br. The molecule has 0 fully saturated rings. The fourth-order valence-electron chi connectivity index (χ4n) is 1.42. The van der Waals surface area contributed by atoms with Crippen LogP contribution >= 0.6 is 15.9 Å². The van der Waals surface area contributed by atoms with Gasteiger partial charge in [-0.25, -0.2) is 4.39 Å². The normalized spacial score (nSPS) is 11.9. The summed E-state index contributed by atoms with van der Waals surface area (Å²) in [4.78, 5) is 11.9. The Bertz CT molecular complexity index is 439. The molecule has 0 amide bonds. The fraction of sp³-hybridized carbons (Fsp3) is 0.333. The van der Waals surface area contributed by atoms with Crippen LogP contribution in [0.4, 0.5) is 4.39 Å². The van der Waals surface area contributed by atoms with Gasteiger partial charge < -0.3 is 0 Å². The lowest BCUT2D eigenvalue weighted by Crippen LogP contribution is -2.13. The highest BCUT2D eigenvalue weighted by Crippen LogP contribution is 2.22. The van der Waals surface area contributed by atoms with Gasteiger partial charge in [-0.15, -0.1) is 0 Å². The Morgan fingerprint density at radius 1 is 1.62 bits per heavy atom. The average molecular weight is 284 g/mol. The van der Waals surface area contributed by atoms with Crippen molar-refractivity contribution in [1.29, 1.82) is 5.26 Å². The molecule has 84 valence electrons. The first-order valence-electron chi connectivity index (χ1n) is 4.99. The maximum absolute atomic E-state index is 12.8. The van der Waals surface area contributed by atoms with E-state index in [1.165, 1.54) is 18.2 Å². The number of nitrogens with zero attached hydrogens (tertiary/aromatic N) is 1. The van der Waals surface area contributed by atoms with Crippen molar-refractivity contribution in [2.45, 2.75) is 19.8 Å². The van der Waals surface area contributed by atoms with Gasteiger partial charge in [-0.05, 0) is 40.5 Å². The molecule has 1 aromatic rings. The minimum atomic E-state index is -0.647. The van der Waals surface area contributed by atoms with Gasteiger partial charge in [-0.2, -0.15) is 5.26 Å².